The van der Waals surface area contributed by atoms with Crippen LogP contribution in [0.2, 0.25) is 0 Å². The maximum absolute atomic E-state index is 9.60. The summed E-state index contributed by atoms with van der Waals surface area (Å²) < 4.78 is 0. The topological polar surface area (TPSA) is 77.4 Å². The van der Waals surface area contributed by atoms with E-state index < -0.39 is 11.9 Å². The number of rotatable bonds is 2. The molecule has 0 radical (unpaired) electrons. The first-order valence-corrected chi connectivity index (χ1v) is 2.64. The average Bonchev–Trinajstić information content (AvgIpc) is 1.89. The van der Waals surface area contributed by atoms with E-state index in [2.05, 4.69) is 13.2 Å². The minimum Gasteiger partial charge on any atom is -0.545 e. The molecular formula is C7H9KO4. The summed E-state index contributed by atoms with van der Waals surface area (Å²) in [4.78, 5) is 18.7. The quantitative estimate of drug-likeness (QED) is 0.368. The SMILES string of the molecule is C=C(C)C(=O)O.C=CC(=O)[O-].[K+]. The van der Waals surface area contributed by atoms with Gasteiger partial charge >= 0.3 is 57.4 Å². The first-order chi connectivity index (χ1) is 4.91. The van der Waals surface area contributed by atoms with Crippen LogP contribution in [0.3, 0.4) is 0 Å². The third-order valence-electron chi connectivity index (χ3n) is 0.532. The molecule has 5 heteroatoms. The number of hydrogen-bond acceptors (Lipinski definition) is 3. The maximum atomic E-state index is 9.60. The summed E-state index contributed by atoms with van der Waals surface area (Å²) in [5.74, 6) is -2.17. The number of hydrogen-bond donors (Lipinski definition) is 1. The number of carbonyl (C=O) groups is 2. The monoisotopic (exact) mass is 196 g/mol. The molecule has 1 N–H and O–H groups in total. The molecule has 0 rings (SSSR count). The fourth-order valence-electron chi connectivity index (χ4n) is 0. The molecule has 0 aliphatic rings. The van der Waals surface area contributed by atoms with Crippen LogP contribution >= 0.6 is 0 Å². The molecule has 0 aliphatic carbocycles. The van der Waals surface area contributed by atoms with Crippen LogP contribution < -0.4 is 56.5 Å². The molecule has 0 aliphatic heterocycles. The van der Waals surface area contributed by atoms with Crippen molar-refractivity contribution in [3.05, 3.63) is 24.8 Å². The number of carbonyl (C=O) groups excluding carboxylic acids is 1. The van der Waals surface area contributed by atoms with Crippen molar-refractivity contribution < 1.29 is 71.2 Å². The maximum Gasteiger partial charge on any atom is 1.00 e. The van der Waals surface area contributed by atoms with Gasteiger partial charge in [0.05, 0.1) is 5.97 Å². The van der Waals surface area contributed by atoms with E-state index in [4.69, 9.17) is 15.0 Å². The van der Waals surface area contributed by atoms with E-state index in [0.29, 0.717) is 0 Å². The van der Waals surface area contributed by atoms with Crippen molar-refractivity contribution in [3.63, 3.8) is 0 Å². The van der Waals surface area contributed by atoms with E-state index in [1.165, 1.54) is 6.92 Å². The van der Waals surface area contributed by atoms with E-state index in [1.807, 2.05) is 0 Å². The second-order valence-corrected chi connectivity index (χ2v) is 1.61. The predicted molar refractivity (Wildman–Crippen MR) is 37.7 cm³/mol. The van der Waals surface area contributed by atoms with E-state index in [-0.39, 0.29) is 57.0 Å². The Kier molecular flexibility index (Phi) is 16.6. The third-order valence-corrected chi connectivity index (χ3v) is 0.532. The van der Waals surface area contributed by atoms with E-state index in [1.54, 1.807) is 0 Å². The Hall–Kier alpha value is 0.0564. The van der Waals surface area contributed by atoms with Crippen LogP contribution in [0.4, 0.5) is 0 Å². The smallest absolute Gasteiger partial charge is 0.545 e. The van der Waals surface area contributed by atoms with Crippen molar-refractivity contribution in [1.82, 2.24) is 0 Å². The van der Waals surface area contributed by atoms with Gasteiger partial charge in [-0.25, -0.2) is 4.79 Å². The predicted octanol–water partition coefficient (Wildman–Crippen LogP) is -3.43. The van der Waals surface area contributed by atoms with Gasteiger partial charge in [-0.2, -0.15) is 0 Å². The van der Waals surface area contributed by atoms with Gasteiger partial charge in [-0.1, -0.05) is 13.2 Å². The zero-order valence-corrected chi connectivity index (χ0v) is 10.3. The molecule has 0 atom stereocenters. The molecule has 62 valence electrons. The zero-order chi connectivity index (χ0) is 9.44. The Morgan fingerprint density at radius 2 is 1.67 bits per heavy atom. The van der Waals surface area contributed by atoms with E-state index >= 15 is 0 Å². The van der Waals surface area contributed by atoms with Crippen LogP contribution in [0.25, 0.3) is 0 Å². The molecule has 0 unspecified atom stereocenters. The molecule has 0 heterocycles. The van der Waals surface area contributed by atoms with E-state index in [0.717, 1.165) is 6.08 Å². The largest absolute Gasteiger partial charge is 1.00 e. The summed E-state index contributed by atoms with van der Waals surface area (Å²) in [7, 11) is 0. The summed E-state index contributed by atoms with van der Waals surface area (Å²) in [5.41, 5.74) is 0.176. The fourth-order valence-corrected chi connectivity index (χ4v) is 0. The molecule has 4 nitrogen and oxygen atoms in total. The van der Waals surface area contributed by atoms with Crippen molar-refractivity contribution in [2.45, 2.75) is 6.92 Å². The van der Waals surface area contributed by atoms with Gasteiger partial charge < -0.3 is 15.0 Å². The minimum atomic E-state index is -1.23. The van der Waals surface area contributed by atoms with Crippen molar-refractivity contribution in [2.24, 2.45) is 0 Å². The van der Waals surface area contributed by atoms with Crippen LogP contribution in [-0.4, -0.2) is 17.0 Å². The van der Waals surface area contributed by atoms with Crippen LogP contribution in [0.5, 0.6) is 0 Å². The van der Waals surface area contributed by atoms with Crippen LogP contribution in [-0.2, 0) is 9.59 Å². The summed E-state index contributed by atoms with van der Waals surface area (Å²) in [6.45, 7) is 7.50. The van der Waals surface area contributed by atoms with Crippen molar-refractivity contribution in [1.29, 1.82) is 0 Å². The Labute approximate surface area is 113 Å². The average molecular weight is 196 g/mol. The number of carboxylic acids is 2. The molecule has 0 fully saturated rings. The van der Waals surface area contributed by atoms with Gasteiger partial charge in [0, 0.05) is 5.57 Å². The number of aliphatic carboxylic acids is 2. The van der Waals surface area contributed by atoms with Crippen molar-refractivity contribution in [2.75, 3.05) is 0 Å². The van der Waals surface area contributed by atoms with Gasteiger partial charge in [0.1, 0.15) is 0 Å². The summed E-state index contributed by atoms with van der Waals surface area (Å²) in [5, 5.41) is 17.0. The summed E-state index contributed by atoms with van der Waals surface area (Å²) >= 11 is 0. The molecule has 0 spiro atoms. The molecular weight excluding hydrogens is 187 g/mol. The van der Waals surface area contributed by atoms with Gasteiger partial charge in [-0.3, -0.25) is 0 Å². The van der Waals surface area contributed by atoms with Gasteiger partial charge in [-0.05, 0) is 13.0 Å². The van der Waals surface area contributed by atoms with Gasteiger partial charge in [0.25, 0.3) is 0 Å². The first-order valence-electron chi connectivity index (χ1n) is 2.64. The van der Waals surface area contributed by atoms with E-state index in [9.17, 15) is 4.79 Å². The van der Waals surface area contributed by atoms with Crippen molar-refractivity contribution >= 4 is 11.9 Å². The Balaban J connectivity index is -0.000000126. The molecule has 12 heavy (non-hydrogen) atoms. The Bertz CT molecular complexity index is 174. The van der Waals surface area contributed by atoms with Crippen LogP contribution in [0.1, 0.15) is 6.92 Å². The second kappa shape index (κ2) is 11.1. The van der Waals surface area contributed by atoms with Gasteiger partial charge in [0.2, 0.25) is 0 Å². The summed E-state index contributed by atoms with van der Waals surface area (Å²) in [6.07, 6.45) is 0.722. The molecule has 0 amide bonds. The zero-order valence-electron chi connectivity index (χ0n) is 7.16. The second-order valence-electron chi connectivity index (χ2n) is 1.61. The molecule has 0 bridgehead atoms. The van der Waals surface area contributed by atoms with Crippen LogP contribution in [0, 0.1) is 0 Å². The fraction of sp³-hybridized carbons (Fsp3) is 0.143. The van der Waals surface area contributed by atoms with Gasteiger partial charge in [-0.15, -0.1) is 0 Å². The standard InChI is InChI=1S/C4H6O2.C3H4O2.K/c1-3(2)4(5)6;1-2-3(4)5;/h1H2,2H3,(H,5,6);2H,1H2,(H,4,5);/q;;+1/p-1. The molecule has 0 aromatic heterocycles. The van der Waals surface area contributed by atoms with Crippen molar-refractivity contribution in [3.8, 4) is 0 Å². The number of carboxylic acid groups (broad SMARTS) is 2. The molecule has 0 aromatic carbocycles. The van der Waals surface area contributed by atoms with Crippen LogP contribution in [0.15, 0.2) is 24.8 Å². The Morgan fingerprint density at radius 3 is 1.67 bits per heavy atom. The minimum absolute atomic E-state index is 0. The van der Waals surface area contributed by atoms with Gasteiger partial charge in [0.15, 0.2) is 0 Å². The first kappa shape index (κ1) is 18.0. The molecule has 0 aromatic rings. The normalized spacial score (nSPS) is 6.42. The summed E-state index contributed by atoms with van der Waals surface area (Å²) in [6, 6.07) is 0. The molecule has 0 saturated heterocycles. The Morgan fingerprint density at radius 1 is 1.50 bits per heavy atom. The third kappa shape index (κ3) is 22.5. The molecule has 0 saturated carbocycles.